The van der Waals surface area contributed by atoms with Crippen molar-refractivity contribution >= 4 is 5.69 Å². The van der Waals surface area contributed by atoms with Gasteiger partial charge in [0.05, 0.1) is 0 Å². The number of hydrogen-bond acceptors (Lipinski definition) is 4. The van der Waals surface area contributed by atoms with Gasteiger partial charge in [0.25, 0.3) is 0 Å². The van der Waals surface area contributed by atoms with E-state index in [9.17, 15) is 5.11 Å². The van der Waals surface area contributed by atoms with Crippen molar-refractivity contribution in [3.05, 3.63) is 24.3 Å². The second-order valence-electron chi connectivity index (χ2n) is 6.43. The average molecular weight is 290 g/mol. The van der Waals surface area contributed by atoms with Crippen molar-refractivity contribution in [3.63, 3.8) is 0 Å². The maximum Gasteiger partial charge on any atom is 0.121 e. The molecule has 1 aromatic carbocycles. The summed E-state index contributed by atoms with van der Waals surface area (Å²) in [6, 6.07) is 8.05. The number of nitrogens with two attached hydrogens (primary N) is 1. The maximum atomic E-state index is 10.2. The minimum absolute atomic E-state index is 0.331. The van der Waals surface area contributed by atoms with Gasteiger partial charge in [-0.3, -0.25) is 4.90 Å². The quantitative estimate of drug-likeness (QED) is 0.817. The van der Waals surface area contributed by atoms with Crippen molar-refractivity contribution in [2.45, 2.75) is 44.2 Å². The van der Waals surface area contributed by atoms with E-state index in [0.717, 1.165) is 24.8 Å². The van der Waals surface area contributed by atoms with Gasteiger partial charge in [-0.05, 0) is 43.9 Å². The Hall–Kier alpha value is -1.26. The van der Waals surface area contributed by atoms with Crippen LogP contribution in [-0.4, -0.2) is 41.8 Å². The first-order valence-electron chi connectivity index (χ1n) is 8.13. The van der Waals surface area contributed by atoms with Crippen LogP contribution < -0.4 is 10.5 Å². The van der Waals surface area contributed by atoms with Gasteiger partial charge in [0.2, 0.25) is 0 Å². The zero-order chi connectivity index (χ0) is 14.7. The zero-order valence-electron chi connectivity index (χ0n) is 12.6. The van der Waals surface area contributed by atoms with E-state index in [1.165, 1.54) is 32.1 Å². The zero-order valence-corrected chi connectivity index (χ0v) is 12.6. The Labute approximate surface area is 126 Å². The Morgan fingerprint density at radius 3 is 3.00 bits per heavy atom. The molecule has 1 heterocycles. The molecule has 4 heteroatoms. The summed E-state index contributed by atoms with van der Waals surface area (Å²) in [7, 11) is 0. The number of fused-ring (bicyclic) bond motifs is 1. The largest absolute Gasteiger partial charge is 0.491 e. The minimum Gasteiger partial charge on any atom is -0.491 e. The number of β-amino-alcohol motifs (C(OH)–C–C–N with tert-alkyl or cyclic N) is 1. The summed E-state index contributed by atoms with van der Waals surface area (Å²) >= 11 is 0. The molecule has 0 spiro atoms. The second kappa shape index (κ2) is 6.67. The van der Waals surface area contributed by atoms with Gasteiger partial charge < -0.3 is 15.6 Å². The fourth-order valence-electron chi connectivity index (χ4n) is 3.85. The predicted octanol–water partition coefficient (Wildman–Crippen LogP) is 2.27. The summed E-state index contributed by atoms with van der Waals surface area (Å²) in [6.07, 6.45) is 6.26. The third-order valence-electron chi connectivity index (χ3n) is 4.87. The van der Waals surface area contributed by atoms with Crippen molar-refractivity contribution < 1.29 is 9.84 Å². The first kappa shape index (κ1) is 14.7. The third kappa shape index (κ3) is 3.69. The number of nitrogens with zero attached hydrogens (tertiary/aromatic N) is 1. The van der Waals surface area contributed by atoms with Crippen LogP contribution in [0.2, 0.25) is 0 Å². The molecule has 3 atom stereocenters. The topological polar surface area (TPSA) is 58.7 Å². The first-order chi connectivity index (χ1) is 10.2. The van der Waals surface area contributed by atoms with E-state index in [1.54, 1.807) is 6.07 Å². The second-order valence-corrected chi connectivity index (χ2v) is 6.43. The molecule has 3 unspecified atom stereocenters. The molecule has 0 bridgehead atoms. The van der Waals surface area contributed by atoms with Crippen molar-refractivity contribution in [2.75, 3.05) is 25.4 Å². The Bertz CT molecular complexity index is 466. The highest BCUT2D eigenvalue weighted by Crippen LogP contribution is 2.36. The molecule has 2 aliphatic rings. The molecular weight excluding hydrogens is 264 g/mol. The average Bonchev–Trinajstić information content (AvgIpc) is 2.89. The van der Waals surface area contributed by atoms with Crippen molar-refractivity contribution in [1.82, 2.24) is 4.90 Å². The molecular formula is C17H26N2O2. The van der Waals surface area contributed by atoms with Gasteiger partial charge in [-0.25, -0.2) is 0 Å². The van der Waals surface area contributed by atoms with Gasteiger partial charge in [0, 0.05) is 24.3 Å². The molecule has 1 aliphatic heterocycles. The molecule has 3 N–H and O–H groups in total. The van der Waals surface area contributed by atoms with Crippen LogP contribution in [0.5, 0.6) is 5.75 Å². The van der Waals surface area contributed by atoms with E-state index < -0.39 is 6.10 Å². The van der Waals surface area contributed by atoms with Crippen LogP contribution in [0.25, 0.3) is 0 Å². The predicted molar refractivity (Wildman–Crippen MR) is 84.3 cm³/mol. The van der Waals surface area contributed by atoms with Gasteiger partial charge in [-0.2, -0.15) is 0 Å². The number of aliphatic hydroxyl groups excluding tert-OH is 1. The molecule has 1 saturated heterocycles. The number of benzene rings is 1. The van der Waals surface area contributed by atoms with Gasteiger partial charge >= 0.3 is 0 Å². The lowest BCUT2D eigenvalue weighted by atomic mass is 9.85. The lowest BCUT2D eigenvalue weighted by Gasteiger charge is -2.32. The highest BCUT2D eigenvalue weighted by Gasteiger charge is 2.36. The van der Waals surface area contributed by atoms with Crippen LogP contribution in [0, 0.1) is 5.92 Å². The molecule has 21 heavy (non-hydrogen) atoms. The SMILES string of the molecule is Nc1cccc(OCC(O)CN2CCC3CCCCC32)c1. The van der Waals surface area contributed by atoms with E-state index >= 15 is 0 Å². The lowest BCUT2D eigenvalue weighted by molar-refractivity contribution is 0.0549. The molecule has 1 saturated carbocycles. The maximum absolute atomic E-state index is 10.2. The molecule has 0 amide bonds. The Morgan fingerprint density at radius 2 is 2.14 bits per heavy atom. The van der Waals surface area contributed by atoms with Gasteiger partial charge in [0.1, 0.15) is 18.5 Å². The highest BCUT2D eigenvalue weighted by molar-refractivity contribution is 5.43. The van der Waals surface area contributed by atoms with E-state index in [4.69, 9.17) is 10.5 Å². The molecule has 2 fully saturated rings. The standard InChI is InChI=1S/C17H26N2O2/c18-14-5-3-6-16(10-14)21-12-15(20)11-19-9-8-13-4-1-2-7-17(13)19/h3,5-6,10,13,15,17,20H,1-2,4,7-9,11-12,18H2. The van der Waals surface area contributed by atoms with E-state index in [-0.39, 0.29) is 0 Å². The van der Waals surface area contributed by atoms with Gasteiger partial charge in [-0.15, -0.1) is 0 Å². The Morgan fingerprint density at radius 1 is 1.29 bits per heavy atom. The normalized spacial score (nSPS) is 27.3. The number of nitrogen functional groups attached to an aromatic ring is 1. The summed E-state index contributed by atoms with van der Waals surface area (Å²) in [5.41, 5.74) is 6.41. The van der Waals surface area contributed by atoms with Gasteiger partial charge in [0.15, 0.2) is 0 Å². The summed E-state index contributed by atoms with van der Waals surface area (Å²) in [4.78, 5) is 2.47. The Balaban J connectivity index is 1.47. The van der Waals surface area contributed by atoms with E-state index in [0.29, 0.717) is 18.3 Å². The molecule has 1 aliphatic carbocycles. The summed E-state index contributed by atoms with van der Waals surface area (Å²) < 4.78 is 5.64. The molecule has 1 aromatic rings. The van der Waals surface area contributed by atoms with Crippen LogP contribution in [0.3, 0.4) is 0 Å². The number of aliphatic hydroxyl groups is 1. The molecule has 3 rings (SSSR count). The monoisotopic (exact) mass is 290 g/mol. The van der Waals surface area contributed by atoms with Gasteiger partial charge in [-0.1, -0.05) is 18.9 Å². The third-order valence-corrected chi connectivity index (χ3v) is 4.87. The van der Waals surface area contributed by atoms with Crippen LogP contribution in [0.15, 0.2) is 24.3 Å². The van der Waals surface area contributed by atoms with Crippen LogP contribution in [0.1, 0.15) is 32.1 Å². The summed E-state index contributed by atoms with van der Waals surface area (Å²) in [6.45, 7) is 2.19. The number of likely N-dealkylation sites (tertiary alicyclic amines) is 1. The van der Waals surface area contributed by atoms with E-state index in [1.807, 2.05) is 18.2 Å². The summed E-state index contributed by atoms with van der Waals surface area (Å²) in [5.74, 6) is 1.59. The summed E-state index contributed by atoms with van der Waals surface area (Å²) in [5, 5.41) is 10.2. The Kier molecular flexibility index (Phi) is 4.66. The van der Waals surface area contributed by atoms with Crippen LogP contribution >= 0.6 is 0 Å². The minimum atomic E-state index is -0.438. The fraction of sp³-hybridized carbons (Fsp3) is 0.647. The fourth-order valence-corrected chi connectivity index (χ4v) is 3.85. The molecule has 116 valence electrons. The highest BCUT2D eigenvalue weighted by atomic mass is 16.5. The molecule has 0 aromatic heterocycles. The van der Waals surface area contributed by atoms with Crippen molar-refractivity contribution in [3.8, 4) is 5.75 Å². The lowest BCUT2D eigenvalue weighted by Crippen LogP contribution is -2.41. The van der Waals surface area contributed by atoms with E-state index in [2.05, 4.69) is 4.90 Å². The number of ether oxygens (including phenoxy) is 1. The van der Waals surface area contributed by atoms with Crippen molar-refractivity contribution in [1.29, 1.82) is 0 Å². The molecule has 4 nitrogen and oxygen atoms in total. The smallest absolute Gasteiger partial charge is 0.121 e. The first-order valence-corrected chi connectivity index (χ1v) is 8.13. The van der Waals surface area contributed by atoms with Crippen molar-refractivity contribution in [2.24, 2.45) is 5.92 Å². The number of rotatable bonds is 5. The number of anilines is 1. The number of hydrogen-bond donors (Lipinski definition) is 2. The van der Waals surface area contributed by atoms with Crippen LogP contribution in [-0.2, 0) is 0 Å². The van der Waals surface area contributed by atoms with Crippen LogP contribution in [0.4, 0.5) is 5.69 Å². The molecule has 0 radical (unpaired) electrons.